The average molecular weight is 303 g/mol. The number of benzene rings is 2. The van der Waals surface area contributed by atoms with Crippen LogP contribution in [0.4, 0.5) is 8.78 Å². The smallest absolute Gasteiger partial charge is 0.224 e. The van der Waals surface area contributed by atoms with Gasteiger partial charge in [-0.3, -0.25) is 4.79 Å². The Bertz CT molecular complexity index is 697. The molecular weight excluding hydrogens is 288 g/mol. The molecule has 0 radical (unpaired) electrons. The zero-order chi connectivity index (χ0) is 15.7. The molecule has 0 heterocycles. The average Bonchev–Trinajstić information content (AvgIpc) is 3.26. The lowest BCUT2D eigenvalue weighted by molar-refractivity contribution is -0.122. The fraction of sp³-hybridized carbons (Fsp3) is 0.235. The second-order valence-electron chi connectivity index (χ2n) is 5.43. The van der Waals surface area contributed by atoms with Gasteiger partial charge in [-0.15, -0.1) is 0 Å². The number of phenolic OH excluding ortho intramolecular Hbond substituents is 1. The predicted molar refractivity (Wildman–Crippen MR) is 77.2 cm³/mol. The highest BCUT2D eigenvalue weighted by molar-refractivity contribution is 5.83. The molecule has 2 aromatic carbocycles. The molecule has 0 saturated heterocycles. The maximum atomic E-state index is 13.7. The van der Waals surface area contributed by atoms with Crippen molar-refractivity contribution in [2.75, 3.05) is 0 Å². The molecule has 3 rings (SSSR count). The third-order valence-electron chi connectivity index (χ3n) is 3.94. The van der Waals surface area contributed by atoms with Crippen LogP contribution in [0.2, 0.25) is 0 Å². The van der Waals surface area contributed by atoms with E-state index in [0.29, 0.717) is 12.0 Å². The predicted octanol–water partition coefficient (Wildman–Crippen LogP) is 3.09. The van der Waals surface area contributed by atoms with Crippen molar-refractivity contribution < 1.29 is 18.7 Å². The Morgan fingerprint density at radius 2 is 1.82 bits per heavy atom. The number of aromatic hydroxyl groups is 1. The molecule has 1 amide bonds. The van der Waals surface area contributed by atoms with Crippen molar-refractivity contribution in [1.82, 2.24) is 5.32 Å². The fourth-order valence-electron chi connectivity index (χ4n) is 2.64. The minimum absolute atomic E-state index is 0.00907. The Balaban J connectivity index is 1.63. The van der Waals surface area contributed by atoms with Gasteiger partial charge in [0.15, 0.2) is 0 Å². The van der Waals surface area contributed by atoms with Crippen molar-refractivity contribution in [2.45, 2.75) is 18.9 Å². The van der Waals surface area contributed by atoms with E-state index >= 15 is 0 Å². The number of halogens is 2. The first kappa shape index (κ1) is 14.5. The maximum absolute atomic E-state index is 13.7. The SMILES string of the molecule is O=C(NCc1ccccc1O)C1CC1c1c(F)cccc1F. The van der Waals surface area contributed by atoms with E-state index in [9.17, 15) is 18.7 Å². The van der Waals surface area contributed by atoms with E-state index in [4.69, 9.17) is 0 Å². The summed E-state index contributed by atoms with van der Waals surface area (Å²) in [5, 5.41) is 12.3. The second-order valence-corrected chi connectivity index (χ2v) is 5.43. The van der Waals surface area contributed by atoms with Crippen molar-refractivity contribution in [3.8, 4) is 5.75 Å². The van der Waals surface area contributed by atoms with Crippen LogP contribution in [0.15, 0.2) is 42.5 Å². The fourth-order valence-corrected chi connectivity index (χ4v) is 2.64. The van der Waals surface area contributed by atoms with E-state index in [2.05, 4.69) is 5.32 Å². The molecule has 1 fully saturated rings. The molecule has 1 aliphatic carbocycles. The summed E-state index contributed by atoms with van der Waals surface area (Å²) < 4.78 is 27.4. The van der Waals surface area contributed by atoms with Gasteiger partial charge in [0.05, 0.1) is 0 Å². The van der Waals surface area contributed by atoms with Crippen molar-refractivity contribution >= 4 is 5.91 Å². The molecule has 2 N–H and O–H groups in total. The molecule has 114 valence electrons. The number of carbonyl (C=O) groups excluding carboxylic acids is 1. The normalized spacial score (nSPS) is 19.7. The Morgan fingerprint density at radius 3 is 2.50 bits per heavy atom. The van der Waals surface area contributed by atoms with E-state index in [1.807, 2.05) is 0 Å². The van der Waals surface area contributed by atoms with Gasteiger partial charge in [0.2, 0.25) is 5.91 Å². The summed E-state index contributed by atoms with van der Waals surface area (Å²) in [7, 11) is 0. The van der Waals surface area contributed by atoms with Gasteiger partial charge in [-0.05, 0) is 24.6 Å². The van der Waals surface area contributed by atoms with Gasteiger partial charge in [0, 0.05) is 29.5 Å². The molecule has 0 bridgehead atoms. The Morgan fingerprint density at radius 1 is 1.14 bits per heavy atom. The second kappa shape index (κ2) is 5.75. The summed E-state index contributed by atoms with van der Waals surface area (Å²) in [6, 6.07) is 10.4. The van der Waals surface area contributed by atoms with Crippen LogP contribution in [0.25, 0.3) is 0 Å². The molecule has 2 atom stereocenters. The Hall–Kier alpha value is -2.43. The number of rotatable bonds is 4. The van der Waals surface area contributed by atoms with Gasteiger partial charge in [0.25, 0.3) is 0 Å². The van der Waals surface area contributed by atoms with Crippen LogP contribution in [0, 0.1) is 17.6 Å². The summed E-state index contributed by atoms with van der Waals surface area (Å²) in [5.74, 6) is -2.20. The minimum atomic E-state index is -0.610. The van der Waals surface area contributed by atoms with Gasteiger partial charge in [-0.25, -0.2) is 8.78 Å². The summed E-state index contributed by atoms with van der Waals surface area (Å²) in [6.07, 6.45) is 0.435. The number of hydrogen-bond acceptors (Lipinski definition) is 2. The standard InChI is InChI=1S/C17H15F2NO2/c18-13-5-3-6-14(19)16(13)11-8-12(11)17(22)20-9-10-4-1-2-7-15(10)21/h1-7,11-12,21H,8-9H2,(H,20,22). The largest absolute Gasteiger partial charge is 0.508 e. The van der Waals surface area contributed by atoms with Crippen molar-refractivity contribution in [3.63, 3.8) is 0 Å². The first-order valence-electron chi connectivity index (χ1n) is 7.06. The van der Waals surface area contributed by atoms with Gasteiger partial charge < -0.3 is 10.4 Å². The summed E-state index contributed by atoms with van der Waals surface area (Å²) in [4.78, 5) is 12.1. The van der Waals surface area contributed by atoms with E-state index in [-0.39, 0.29) is 23.8 Å². The zero-order valence-corrected chi connectivity index (χ0v) is 11.7. The lowest BCUT2D eigenvalue weighted by Gasteiger charge is -2.07. The van der Waals surface area contributed by atoms with Crippen LogP contribution >= 0.6 is 0 Å². The number of hydrogen-bond donors (Lipinski definition) is 2. The molecular formula is C17H15F2NO2. The molecule has 2 unspecified atom stereocenters. The number of amides is 1. The van der Waals surface area contributed by atoms with Gasteiger partial charge in [-0.2, -0.15) is 0 Å². The summed E-state index contributed by atoms with van der Waals surface area (Å²) in [6.45, 7) is 0.189. The highest BCUT2D eigenvalue weighted by atomic mass is 19.1. The van der Waals surface area contributed by atoms with E-state index < -0.39 is 23.5 Å². The molecule has 0 spiro atoms. The van der Waals surface area contributed by atoms with E-state index in [1.165, 1.54) is 24.3 Å². The third-order valence-corrected chi connectivity index (χ3v) is 3.94. The molecule has 5 heteroatoms. The van der Waals surface area contributed by atoms with Crippen LogP contribution < -0.4 is 5.32 Å². The van der Waals surface area contributed by atoms with Crippen LogP contribution in [0.5, 0.6) is 5.75 Å². The van der Waals surface area contributed by atoms with Gasteiger partial charge in [0.1, 0.15) is 17.4 Å². The van der Waals surface area contributed by atoms with Crippen molar-refractivity contribution in [3.05, 3.63) is 65.2 Å². The highest BCUT2D eigenvalue weighted by Gasteiger charge is 2.46. The molecule has 3 nitrogen and oxygen atoms in total. The quantitative estimate of drug-likeness (QED) is 0.912. The zero-order valence-electron chi connectivity index (χ0n) is 11.7. The molecule has 2 aromatic rings. The number of nitrogens with one attached hydrogen (secondary N) is 1. The van der Waals surface area contributed by atoms with E-state index in [0.717, 1.165) is 0 Å². The van der Waals surface area contributed by atoms with Gasteiger partial charge >= 0.3 is 0 Å². The van der Waals surface area contributed by atoms with Crippen LogP contribution in [0.3, 0.4) is 0 Å². The lowest BCUT2D eigenvalue weighted by Crippen LogP contribution is -2.25. The number of phenols is 1. The summed E-state index contributed by atoms with van der Waals surface area (Å²) in [5.41, 5.74) is 0.593. The van der Waals surface area contributed by atoms with Crippen LogP contribution in [0.1, 0.15) is 23.5 Å². The maximum Gasteiger partial charge on any atom is 0.224 e. The van der Waals surface area contributed by atoms with Gasteiger partial charge in [-0.1, -0.05) is 24.3 Å². The third kappa shape index (κ3) is 2.79. The lowest BCUT2D eigenvalue weighted by atomic mass is 10.1. The molecule has 22 heavy (non-hydrogen) atoms. The topological polar surface area (TPSA) is 49.3 Å². The van der Waals surface area contributed by atoms with E-state index in [1.54, 1.807) is 18.2 Å². The first-order chi connectivity index (χ1) is 10.6. The molecule has 0 aliphatic heterocycles. The van der Waals surface area contributed by atoms with Crippen LogP contribution in [-0.2, 0) is 11.3 Å². The number of para-hydroxylation sites is 1. The van der Waals surface area contributed by atoms with Crippen molar-refractivity contribution in [1.29, 1.82) is 0 Å². The first-order valence-corrected chi connectivity index (χ1v) is 7.06. The Labute approximate surface area is 126 Å². The molecule has 1 saturated carbocycles. The molecule has 0 aromatic heterocycles. The molecule has 1 aliphatic rings. The highest BCUT2D eigenvalue weighted by Crippen LogP contribution is 2.49. The van der Waals surface area contributed by atoms with Crippen molar-refractivity contribution in [2.24, 2.45) is 5.92 Å². The number of carbonyl (C=O) groups is 1. The summed E-state index contributed by atoms with van der Waals surface area (Å²) >= 11 is 0. The minimum Gasteiger partial charge on any atom is -0.508 e. The monoisotopic (exact) mass is 303 g/mol. The Kier molecular flexibility index (Phi) is 3.79. The van der Waals surface area contributed by atoms with Crippen LogP contribution in [-0.4, -0.2) is 11.0 Å².